The van der Waals surface area contributed by atoms with E-state index in [0.717, 1.165) is 19.3 Å². The molecule has 2 amide bonds. The molecule has 2 aromatic rings. The number of benzene rings is 1. The van der Waals surface area contributed by atoms with Crippen LogP contribution in [0.4, 0.5) is 4.79 Å². The van der Waals surface area contributed by atoms with E-state index < -0.39 is 24.0 Å². The van der Waals surface area contributed by atoms with Gasteiger partial charge >= 0.3 is 18.0 Å². The summed E-state index contributed by atoms with van der Waals surface area (Å²) in [5, 5.41) is 5.35. The molecule has 168 valence electrons. The van der Waals surface area contributed by atoms with E-state index in [-0.39, 0.29) is 24.5 Å². The monoisotopic (exact) mass is 456 g/mol. The van der Waals surface area contributed by atoms with Gasteiger partial charge in [-0.25, -0.2) is 14.4 Å². The number of amides is 2. The maximum Gasteiger partial charge on any atom is 0.348 e. The molecule has 1 aromatic carbocycles. The number of nitrogens with one attached hydrogen (secondary N) is 2. The molecule has 0 saturated carbocycles. The molecule has 1 aliphatic heterocycles. The molecule has 0 saturated heterocycles. The zero-order valence-electron chi connectivity index (χ0n) is 17.9. The fourth-order valence-electron chi connectivity index (χ4n) is 3.87. The SMILES string of the molecule is CCOC(=O)C1=C(COC(=O)c2cc3c(s2)CCC3)NC(=O)NC1c1ccc(OC)cc1. The van der Waals surface area contributed by atoms with Crippen LogP contribution in [0.25, 0.3) is 0 Å². The molecule has 1 aliphatic carbocycles. The fourth-order valence-corrected chi connectivity index (χ4v) is 5.01. The van der Waals surface area contributed by atoms with E-state index in [1.807, 2.05) is 6.07 Å². The van der Waals surface area contributed by atoms with Gasteiger partial charge in [-0.3, -0.25) is 0 Å². The molecular formula is C23H24N2O6S. The summed E-state index contributed by atoms with van der Waals surface area (Å²) < 4.78 is 15.9. The van der Waals surface area contributed by atoms with Crippen LogP contribution >= 0.6 is 11.3 Å². The van der Waals surface area contributed by atoms with E-state index in [4.69, 9.17) is 14.2 Å². The molecule has 8 nitrogen and oxygen atoms in total. The molecule has 0 bridgehead atoms. The van der Waals surface area contributed by atoms with Crippen molar-refractivity contribution in [2.45, 2.75) is 32.2 Å². The van der Waals surface area contributed by atoms with Gasteiger partial charge in [0.05, 0.1) is 31.0 Å². The van der Waals surface area contributed by atoms with Crippen molar-refractivity contribution in [3.63, 3.8) is 0 Å². The largest absolute Gasteiger partial charge is 0.497 e. The van der Waals surface area contributed by atoms with Gasteiger partial charge in [0.25, 0.3) is 0 Å². The van der Waals surface area contributed by atoms with Crippen molar-refractivity contribution in [2.75, 3.05) is 20.3 Å². The lowest BCUT2D eigenvalue weighted by atomic mass is 9.95. The predicted molar refractivity (Wildman–Crippen MR) is 118 cm³/mol. The Labute approximate surface area is 189 Å². The van der Waals surface area contributed by atoms with Crippen LogP contribution in [0.3, 0.4) is 0 Å². The van der Waals surface area contributed by atoms with E-state index in [9.17, 15) is 14.4 Å². The third-order valence-electron chi connectivity index (χ3n) is 5.39. The van der Waals surface area contributed by atoms with Crippen molar-refractivity contribution in [2.24, 2.45) is 0 Å². The van der Waals surface area contributed by atoms with Crippen LogP contribution < -0.4 is 15.4 Å². The average Bonchev–Trinajstić information content (AvgIpc) is 3.40. The minimum absolute atomic E-state index is 0.166. The van der Waals surface area contributed by atoms with Crippen molar-refractivity contribution in [1.29, 1.82) is 0 Å². The normalized spacial score (nSPS) is 17.3. The third kappa shape index (κ3) is 4.47. The Kier molecular flexibility index (Phi) is 6.45. The van der Waals surface area contributed by atoms with Gasteiger partial charge in [-0.1, -0.05) is 12.1 Å². The maximum atomic E-state index is 12.8. The highest BCUT2D eigenvalue weighted by atomic mass is 32.1. The first-order valence-electron chi connectivity index (χ1n) is 10.4. The van der Waals surface area contributed by atoms with E-state index >= 15 is 0 Å². The molecule has 1 aromatic heterocycles. The number of carbonyl (C=O) groups excluding carboxylic acids is 3. The second kappa shape index (κ2) is 9.44. The van der Waals surface area contributed by atoms with Crippen LogP contribution in [0.5, 0.6) is 5.75 Å². The number of rotatable bonds is 7. The molecule has 0 fully saturated rings. The Morgan fingerprint density at radius 3 is 2.59 bits per heavy atom. The number of carbonyl (C=O) groups is 3. The molecule has 32 heavy (non-hydrogen) atoms. The lowest BCUT2D eigenvalue weighted by Gasteiger charge is -2.29. The standard InChI is InChI=1S/C23H24N2O6S/c1-3-30-22(27)19-16(12-31-21(26)18-11-14-5-4-6-17(14)32-18)24-23(28)25-20(19)13-7-9-15(29-2)10-8-13/h7-11,20H,3-6,12H2,1-2H3,(H2,24,25,28). The van der Waals surface area contributed by atoms with Gasteiger partial charge in [-0.05, 0) is 55.5 Å². The molecule has 4 rings (SSSR count). The topological polar surface area (TPSA) is 103 Å². The van der Waals surface area contributed by atoms with Crippen molar-refractivity contribution in [1.82, 2.24) is 10.6 Å². The Bertz CT molecular complexity index is 1050. The predicted octanol–water partition coefficient (Wildman–Crippen LogP) is 3.27. The van der Waals surface area contributed by atoms with Crippen LogP contribution in [0.15, 0.2) is 41.6 Å². The summed E-state index contributed by atoms with van der Waals surface area (Å²) in [5.41, 5.74) is 2.26. The van der Waals surface area contributed by atoms with Gasteiger partial charge in [0.2, 0.25) is 0 Å². The smallest absolute Gasteiger partial charge is 0.348 e. The highest BCUT2D eigenvalue weighted by molar-refractivity contribution is 7.14. The number of hydrogen-bond acceptors (Lipinski definition) is 7. The number of aryl methyl sites for hydroxylation is 2. The van der Waals surface area contributed by atoms with Gasteiger partial charge in [-0.2, -0.15) is 0 Å². The summed E-state index contributed by atoms with van der Waals surface area (Å²) in [4.78, 5) is 39.5. The minimum Gasteiger partial charge on any atom is -0.497 e. The summed E-state index contributed by atoms with van der Waals surface area (Å²) in [5.74, 6) is -0.427. The highest BCUT2D eigenvalue weighted by Crippen LogP contribution is 2.32. The maximum absolute atomic E-state index is 12.8. The summed E-state index contributed by atoms with van der Waals surface area (Å²) in [6.45, 7) is 1.61. The zero-order chi connectivity index (χ0) is 22.7. The molecule has 2 heterocycles. The lowest BCUT2D eigenvalue weighted by molar-refractivity contribution is -0.139. The number of thiophene rings is 1. The Balaban J connectivity index is 1.60. The summed E-state index contributed by atoms with van der Waals surface area (Å²) >= 11 is 1.44. The van der Waals surface area contributed by atoms with Crippen molar-refractivity contribution < 1.29 is 28.6 Å². The first-order chi connectivity index (χ1) is 15.5. The zero-order valence-corrected chi connectivity index (χ0v) is 18.7. The summed E-state index contributed by atoms with van der Waals surface area (Å²) in [7, 11) is 1.56. The van der Waals surface area contributed by atoms with Gasteiger partial charge in [0.15, 0.2) is 0 Å². The molecule has 2 aliphatic rings. The highest BCUT2D eigenvalue weighted by Gasteiger charge is 2.34. The minimum atomic E-state index is -0.757. The Morgan fingerprint density at radius 1 is 1.12 bits per heavy atom. The van der Waals surface area contributed by atoms with Gasteiger partial charge < -0.3 is 24.8 Å². The van der Waals surface area contributed by atoms with E-state index in [0.29, 0.717) is 16.2 Å². The van der Waals surface area contributed by atoms with Crippen molar-refractivity contribution in [3.8, 4) is 5.75 Å². The second-order valence-electron chi connectivity index (χ2n) is 7.41. The Morgan fingerprint density at radius 2 is 1.91 bits per heavy atom. The quantitative estimate of drug-likeness (QED) is 0.620. The summed E-state index contributed by atoms with van der Waals surface area (Å²) in [6.07, 6.45) is 3.07. The van der Waals surface area contributed by atoms with Gasteiger partial charge in [0.1, 0.15) is 17.2 Å². The average molecular weight is 457 g/mol. The third-order valence-corrected chi connectivity index (χ3v) is 6.61. The van der Waals surface area contributed by atoms with E-state index in [2.05, 4.69) is 10.6 Å². The number of fused-ring (bicyclic) bond motifs is 1. The first-order valence-corrected chi connectivity index (χ1v) is 11.2. The number of ether oxygens (including phenoxy) is 3. The van der Waals surface area contributed by atoms with Crippen LogP contribution in [-0.2, 0) is 27.1 Å². The fraction of sp³-hybridized carbons (Fsp3) is 0.348. The van der Waals surface area contributed by atoms with Crippen molar-refractivity contribution in [3.05, 3.63) is 62.5 Å². The molecule has 1 atom stereocenters. The van der Waals surface area contributed by atoms with E-state index in [1.165, 1.54) is 21.8 Å². The molecule has 9 heteroatoms. The van der Waals surface area contributed by atoms with Gasteiger partial charge in [-0.15, -0.1) is 11.3 Å². The van der Waals surface area contributed by atoms with Crippen LogP contribution in [0, 0.1) is 0 Å². The van der Waals surface area contributed by atoms with Gasteiger partial charge in [0, 0.05) is 4.88 Å². The number of hydrogen-bond donors (Lipinski definition) is 2. The molecule has 0 spiro atoms. The molecular weight excluding hydrogens is 432 g/mol. The number of methoxy groups -OCH3 is 1. The molecule has 0 radical (unpaired) electrons. The van der Waals surface area contributed by atoms with E-state index in [1.54, 1.807) is 38.3 Å². The molecule has 1 unspecified atom stereocenters. The second-order valence-corrected chi connectivity index (χ2v) is 8.54. The number of urea groups is 1. The van der Waals surface area contributed by atoms with Crippen LogP contribution in [0.1, 0.15) is 45.1 Å². The first kappa shape index (κ1) is 21.9. The van der Waals surface area contributed by atoms with Crippen LogP contribution in [0.2, 0.25) is 0 Å². The molecule has 2 N–H and O–H groups in total. The van der Waals surface area contributed by atoms with Crippen molar-refractivity contribution >= 4 is 29.3 Å². The Hall–Kier alpha value is -3.33. The van der Waals surface area contributed by atoms with Crippen LogP contribution in [-0.4, -0.2) is 38.3 Å². The summed E-state index contributed by atoms with van der Waals surface area (Å²) in [6, 6.07) is 7.60. The lowest BCUT2D eigenvalue weighted by Crippen LogP contribution is -2.47. The number of esters is 2.